The summed E-state index contributed by atoms with van der Waals surface area (Å²) in [7, 11) is 3.68. The summed E-state index contributed by atoms with van der Waals surface area (Å²) < 4.78 is 16.1. The smallest absolute Gasteiger partial charge is 0.410 e. The first-order valence-corrected chi connectivity index (χ1v) is 18.1. The van der Waals surface area contributed by atoms with Gasteiger partial charge in [-0.15, -0.1) is 0 Å². The van der Waals surface area contributed by atoms with Crippen LogP contribution >= 0.6 is 0 Å². The number of nitrogens with two attached hydrogens (primary N) is 1. The Hall–Kier alpha value is -4.83. The van der Waals surface area contributed by atoms with Crippen LogP contribution in [0.1, 0.15) is 59.5 Å². The highest BCUT2D eigenvalue weighted by molar-refractivity contribution is 6.00. The number of hydrogen-bond acceptors (Lipinski definition) is 6. The van der Waals surface area contributed by atoms with Gasteiger partial charge < -0.3 is 34.1 Å². The lowest BCUT2D eigenvalue weighted by Crippen LogP contribution is -2.41. The molecule has 2 bridgehead atoms. The van der Waals surface area contributed by atoms with Gasteiger partial charge in [0.15, 0.2) is 5.82 Å². The minimum atomic E-state index is -0.254. The number of carbonyl (C=O) groups is 2. The number of ether oxygens (including phenoxy) is 2. The predicted octanol–water partition coefficient (Wildman–Crippen LogP) is 6.30. The highest BCUT2D eigenvalue weighted by Crippen LogP contribution is 2.41. The number of carbonyl (C=O) groups excluding carboxylic acids is 2. The van der Waals surface area contributed by atoms with Crippen molar-refractivity contribution in [3.05, 3.63) is 83.4 Å². The summed E-state index contributed by atoms with van der Waals surface area (Å²) in [4.78, 5) is 35.7. The summed E-state index contributed by atoms with van der Waals surface area (Å²) in [6.07, 6.45) is 5.17. The highest BCUT2D eigenvalue weighted by atomic mass is 16.6. The monoisotopic (exact) mass is 672 g/mol. The third-order valence-corrected chi connectivity index (χ3v) is 11.7. The summed E-state index contributed by atoms with van der Waals surface area (Å²) in [5, 5.41) is 1.16. The van der Waals surface area contributed by atoms with E-state index in [1.165, 1.54) is 23.9 Å². The van der Waals surface area contributed by atoms with E-state index < -0.39 is 0 Å². The van der Waals surface area contributed by atoms with Crippen LogP contribution in [0.3, 0.4) is 0 Å². The standard InChI is InChI=1S/C40H44N6O4/c1-43-37-31(16-30(19-35(37)49-2)39(47)46-22-29-12-13-32(46)36(29)41)42-38(43)34-18-27-11-10-26(17-33(27)45(34)20-24-8-9-24)28-14-15-44(21-28)40(48)50-23-25-6-4-3-5-7-25/h3-7,10-11,16-19,24,28-29,32,36H,8-9,12-15,20-23,41H2,1-2H3/t28?,29?,32?,36-/m1/s1. The van der Waals surface area contributed by atoms with Crippen LogP contribution in [-0.4, -0.2) is 74.7 Å². The van der Waals surface area contributed by atoms with Crippen LogP contribution in [0.15, 0.2) is 66.7 Å². The van der Waals surface area contributed by atoms with Crippen molar-refractivity contribution >= 4 is 33.9 Å². The van der Waals surface area contributed by atoms with Crippen molar-refractivity contribution in [3.63, 3.8) is 0 Å². The van der Waals surface area contributed by atoms with E-state index in [1.54, 1.807) is 7.11 Å². The van der Waals surface area contributed by atoms with Gasteiger partial charge in [-0.2, -0.15) is 0 Å². The zero-order valence-corrected chi connectivity index (χ0v) is 28.8. The Balaban J connectivity index is 1.02. The van der Waals surface area contributed by atoms with Gasteiger partial charge >= 0.3 is 6.09 Å². The van der Waals surface area contributed by atoms with Gasteiger partial charge in [-0.3, -0.25) is 4.79 Å². The summed E-state index contributed by atoms with van der Waals surface area (Å²) >= 11 is 0. The lowest BCUT2D eigenvalue weighted by molar-refractivity contribution is 0.0700. The van der Waals surface area contributed by atoms with Crippen molar-refractivity contribution < 1.29 is 19.1 Å². The number of aryl methyl sites for hydroxylation is 1. The molecule has 3 unspecified atom stereocenters. The minimum absolute atomic E-state index is 0.00497. The Kier molecular flexibility index (Phi) is 7.60. The van der Waals surface area contributed by atoms with Gasteiger partial charge in [-0.05, 0) is 79.3 Å². The van der Waals surface area contributed by atoms with Gasteiger partial charge in [0.1, 0.15) is 17.9 Å². The number of aromatic nitrogens is 3. The van der Waals surface area contributed by atoms with Crippen molar-refractivity contribution in [2.24, 2.45) is 24.6 Å². The topological polar surface area (TPSA) is 108 Å². The molecule has 2 amide bonds. The maximum atomic E-state index is 13.8. The number of likely N-dealkylation sites (tertiary alicyclic amines) is 2. The summed E-state index contributed by atoms with van der Waals surface area (Å²) in [5.41, 5.74) is 13.1. The number of hydrogen-bond donors (Lipinski definition) is 1. The largest absolute Gasteiger partial charge is 0.494 e. The number of nitrogens with zero attached hydrogens (tertiary/aromatic N) is 5. The number of benzene rings is 3. The van der Waals surface area contributed by atoms with Crippen LogP contribution < -0.4 is 10.5 Å². The number of fused-ring (bicyclic) bond motifs is 4. The van der Waals surface area contributed by atoms with Gasteiger partial charge in [-0.25, -0.2) is 9.78 Å². The fourth-order valence-corrected chi connectivity index (χ4v) is 8.74. The summed E-state index contributed by atoms with van der Waals surface area (Å²) in [6, 6.07) is 22.7. The maximum absolute atomic E-state index is 13.8. The van der Waals surface area contributed by atoms with Gasteiger partial charge in [0.2, 0.25) is 0 Å². The Morgan fingerprint density at radius 3 is 2.54 bits per heavy atom. The Bertz CT molecular complexity index is 2120. The molecular formula is C40H44N6O4. The average molecular weight is 673 g/mol. The molecule has 10 heteroatoms. The van der Waals surface area contributed by atoms with Gasteiger partial charge in [0.05, 0.1) is 18.3 Å². The third-order valence-electron chi connectivity index (χ3n) is 11.7. The first-order chi connectivity index (χ1) is 24.4. The Morgan fingerprint density at radius 2 is 1.80 bits per heavy atom. The summed E-state index contributed by atoms with van der Waals surface area (Å²) in [5.74, 6) is 2.76. The van der Waals surface area contributed by atoms with E-state index >= 15 is 0 Å². The molecule has 0 spiro atoms. The number of imidazole rings is 1. The molecule has 2 saturated carbocycles. The van der Waals surface area contributed by atoms with Crippen molar-refractivity contribution in [2.75, 3.05) is 26.7 Å². The number of amides is 2. The van der Waals surface area contributed by atoms with Crippen LogP contribution in [0, 0.1) is 11.8 Å². The molecule has 9 rings (SSSR count). The SMILES string of the molecule is COc1cc(C(=O)N2CC3CCC2[C@@H]3N)cc2nc(-c3cc4ccc(C5CCN(C(=O)OCc6ccccc6)C5)cc4n3CC3CC3)n(C)c12. The fourth-order valence-electron chi connectivity index (χ4n) is 8.74. The molecule has 258 valence electrons. The normalized spacial score (nSPS) is 23.0. The second-order valence-electron chi connectivity index (χ2n) is 14.9. The molecule has 4 heterocycles. The second kappa shape index (κ2) is 12.2. The summed E-state index contributed by atoms with van der Waals surface area (Å²) in [6.45, 7) is 3.25. The molecule has 2 N–H and O–H groups in total. The van der Waals surface area contributed by atoms with E-state index in [0.29, 0.717) is 36.2 Å². The first kappa shape index (κ1) is 31.2. The van der Waals surface area contributed by atoms with Crippen LogP contribution in [-0.2, 0) is 24.9 Å². The molecule has 4 fully saturated rings. The van der Waals surface area contributed by atoms with Crippen LogP contribution in [0.5, 0.6) is 5.75 Å². The zero-order chi connectivity index (χ0) is 34.1. The molecule has 2 saturated heterocycles. The van der Waals surface area contributed by atoms with Crippen LogP contribution in [0.25, 0.3) is 33.5 Å². The first-order valence-electron chi connectivity index (χ1n) is 18.1. The molecule has 2 aliphatic heterocycles. The minimum Gasteiger partial charge on any atom is -0.494 e. The fraction of sp³-hybridized carbons (Fsp3) is 0.425. The molecule has 3 aromatic carbocycles. The second-order valence-corrected chi connectivity index (χ2v) is 14.9. The quantitative estimate of drug-likeness (QED) is 0.207. The molecule has 50 heavy (non-hydrogen) atoms. The van der Waals surface area contributed by atoms with E-state index in [2.05, 4.69) is 33.4 Å². The van der Waals surface area contributed by atoms with E-state index in [1.807, 2.05) is 59.3 Å². The number of rotatable bonds is 8. The van der Waals surface area contributed by atoms with Crippen molar-refractivity contribution in [2.45, 2.75) is 63.3 Å². The van der Waals surface area contributed by atoms with E-state index in [9.17, 15) is 9.59 Å². The average Bonchev–Trinajstić information content (AvgIpc) is 3.45. The number of piperidine rings is 1. The number of methoxy groups -OCH3 is 1. The maximum Gasteiger partial charge on any atom is 0.410 e. The van der Waals surface area contributed by atoms with Crippen molar-refractivity contribution in [1.29, 1.82) is 0 Å². The third kappa shape index (κ3) is 5.32. The molecule has 0 radical (unpaired) electrons. The van der Waals surface area contributed by atoms with E-state index in [-0.39, 0.29) is 36.6 Å². The van der Waals surface area contributed by atoms with Gasteiger partial charge in [-0.1, -0.05) is 42.5 Å². The Labute approximate surface area is 291 Å². The molecule has 5 aromatic rings. The highest BCUT2D eigenvalue weighted by Gasteiger charge is 2.47. The van der Waals surface area contributed by atoms with E-state index in [4.69, 9.17) is 20.2 Å². The van der Waals surface area contributed by atoms with Crippen LogP contribution in [0.4, 0.5) is 4.79 Å². The molecular weight excluding hydrogens is 628 g/mol. The van der Waals surface area contributed by atoms with Gasteiger partial charge in [0, 0.05) is 67.7 Å². The molecule has 10 nitrogen and oxygen atoms in total. The van der Waals surface area contributed by atoms with Crippen molar-refractivity contribution in [3.8, 4) is 17.3 Å². The predicted molar refractivity (Wildman–Crippen MR) is 192 cm³/mol. The molecule has 2 aliphatic carbocycles. The van der Waals surface area contributed by atoms with Gasteiger partial charge in [0.25, 0.3) is 5.91 Å². The molecule has 4 atom stereocenters. The lowest BCUT2D eigenvalue weighted by atomic mass is 9.97. The van der Waals surface area contributed by atoms with Crippen LogP contribution in [0.2, 0.25) is 0 Å². The van der Waals surface area contributed by atoms with Crippen molar-refractivity contribution in [1.82, 2.24) is 23.9 Å². The molecule has 2 aromatic heterocycles. The lowest BCUT2D eigenvalue weighted by Gasteiger charge is -2.27. The Morgan fingerprint density at radius 1 is 0.960 bits per heavy atom. The van der Waals surface area contributed by atoms with E-state index in [0.717, 1.165) is 65.9 Å². The molecule has 4 aliphatic rings. The zero-order valence-electron chi connectivity index (χ0n) is 28.8.